The molecule has 222 valence electrons. The van der Waals surface area contributed by atoms with E-state index in [1.807, 2.05) is 6.08 Å². The lowest BCUT2D eigenvalue weighted by Crippen LogP contribution is -2.38. The SMILES string of the molecule is N#CC1=Cc2cc(CN3CCC(Nc4c(COCCC5CCCC5)cnc5sc(CC(F)(F)F)cc45)CC3)ccc2C1. The zero-order valence-electron chi connectivity index (χ0n) is 23.8. The van der Waals surface area contributed by atoms with Gasteiger partial charge in [-0.1, -0.05) is 43.9 Å². The fraction of sp³-hybridized carbons (Fsp3) is 0.515. The van der Waals surface area contributed by atoms with Crippen molar-refractivity contribution in [3.63, 3.8) is 0 Å². The van der Waals surface area contributed by atoms with Crippen LogP contribution in [0.3, 0.4) is 0 Å². The highest BCUT2D eigenvalue weighted by molar-refractivity contribution is 7.18. The van der Waals surface area contributed by atoms with Gasteiger partial charge in [-0.3, -0.25) is 4.90 Å². The molecule has 0 atom stereocenters. The molecule has 2 aliphatic carbocycles. The lowest BCUT2D eigenvalue weighted by Gasteiger charge is -2.33. The maximum Gasteiger partial charge on any atom is 0.393 e. The zero-order valence-corrected chi connectivity index (χ0v) is 24.6. The van der Waals surface area contributed by atoms with Crippen LogP contribution in [0.25, 0.3) is 16.3 Å². The molecule has 6 rings (SSSR count). The Kier molecular flexibility index (Phi) is 8.85. The molecule has 1 saturated carbocycles. The molecular formula is C33H37F3N4OS. The average molecular weight is 595 g/mol. The number of rotatable bonds is 10. The Bertz CT molecular complexity index is 1480. The van der Waals surface area contributed by atoms with E-state index in [2.05, 4.69) is 39.5 Å². The van der Waals surface area contributed by atoms with Crippen LogP contribution in [0.1, 0.15) is 72.1 Å². The number of allylic oxidation sites excluding steroid dienone is 1. The second kappa shape index (κ2) is 12.7. The molecule has 1 aliphatic heterocycles. The molecule has 3 heterocycles. The van der Waals surface area contributed by atoms with Gasteiger partial charge in [0.2, 0.25) is 0 Å². The van der Waals surface area contributed by atoms with E-state index in [4.69, 9.17) is 4.74 Å². The van der Waals surface area contributed by atoms with Crippen LogP contribution in [-0.4, -0.2) is 41.8 Å². The smallest absolute Gasteiger partial charge is 0.381 e. The second-order valence-electron chi connectivity index (χ2n) is 12.1. The number of benzene rings is 1. The predicted octanol–water partition coefficient (Wildman–Crippen LogP) is 8.04. The minimum absolute atomic E-state index is 0.219. The van der Waals surface area contributed by atoms with Gasteiger partial charge in [0, 0.05) is 66.3 Å². The number of likely N-dealkylation sites (tertiary alicyclic amines) is 1. The number of thiophene rings is 1. The van der Waals surface area contributed by atoms with Crippen molar-refractivity contribution in [3.8, 4) is 6.07 Å². The lowest BCUT2D eigenvalue weighted by atomic mass is 10.0. The summed E-state index contributed by atoms with van der Waals surface area (Å²) >= 11 is 1.12. The normalized spacial score (nSPS) is 18.4. The molecule has 9 heteroatoms. The van der Waals surface area contributed by atoms with Crippen LogP contribution in [0.2, 0.25) is 0 Å². The average Bonchev–Trinajstić information content (AvgIpc) is 3.71. The Morgan fingerprint density at radius 1 is 1.12 bits per heavy atom. The first-order chi connectivity index (χ1) is 20.3. The van der Waals surface area contributed by atoms with Crippen molar-refractivity contribution in [1.29, 1.82) is 5.26 Å². The van der Waals surface area contributed by atoms with Crippen molar-refractivity contribution >= 4 is 33.3 Å². The van der Waals surface area contributed by atoms with E-state index < -0.39 is 12.6 Å². The van der Waals surface area contributed by atoms with Gasteiger partial charge in [0.1, 0.15) is 4.83 Å². The molecule has 3 aromatic rings. The summed E-state index contributed by atoms with van der Waals surface area (Å²) in [7, 11) is 0. The summed E-state index contributed by atoms with van der Waals surface area (Å²) < 4.78 is 45.6. The van der Waals surface area contributed by atoms with Crippen LogP contribution >= 0.6 is 11.3 Å². The summed E-state index contributed by atoms with van der Waals surface area (Å²) in [6, 6.07) is 10.7. The Balaban J connectivity index is 1.11. The van der Waals surface area contributed by atoms with Crippen LogP contribution in [0.5, 0.6) is 0 Å². The fourth-order valence-corrected chi connectivity index (χ4v) is 7.67. The van der Waals surface area contributed by atoms with E-state index >= 15 is 0 Å². The van der Waals surface area contributed by atoms with Crippen LogP contribution < -0.4 is 5.32 Å². The number of ether oxygens (including phenoxy) is 1. The molecule has 5 nitrogen and oxygen atoms in total. The highest BCUT2D eigenvalue weighted by atomic mass is 32.1. The van der Waals surface area contributed by atoms with Crippen molar-refractivity contribution in [2.24, 2.45) is 5.92 Å². The molecule has 1 aromatic carbocycles. The first-order valence-corrected chi connectivity index (χ1v) is 15.9. The Hall–Kier alpha value is -2.93. The molecule has 2 fully saturated rings. The number of fused-ring (bicyclic) bond motifs is 2. The van der Waals surface area contributed by atoms with Crippen LogP contribution in [-0.2, 0) is 30.7 Å². The van der Waals surface area contributed by atoms with E-state index in [-0.39, 0.29) is 10.9 Å². The molecule has 0 amide bonds. The van der Waals surface area contributed by atoms with Gasteiger partial charge in [-0.25, -0.2) is 4.98 Å². The number of nitrogens with one attached hydrogen (secondary N) is 1. The van der Waals surface area contributed by atoms with Crippen molar-refractivity contribution in [1.82, 2.24) is 9.88 Å². The number of nitrogens with zero attached hydrogens (tertiary/aromatic N) is 3. The van der Waals surface area contributed by atoms with E-state index in [0.717, 1.165) is 90.3 Å². The molecule has 0 unspecified atom stereocenters. The van der Waals surface area contributed by atoms with Gasteiger partial charge in [0.15, 0.2) is 0 Å². The molecule has 3 aliphatic rings. The third-order valence-electron chi connectivity index (χ3n) is 8.88. The number of anilines is 1. The largest absolute Gasteiger partial charge is 0.393 e. The summed E-state index contributed by atoms with van der Waals surface area (Å²) in [4.78, 5) is 7.90. The molecule has 1 saturated heterocycles. The van der Waals surface area contributed by atoms with Gasteiger partial charge in [0.05, 0.1) is 24.8 Å². The van der Waals surface area contributed by atoms with E-state index in [1.54, 1.807) is 12.3 Å². The summed E-state index contributed by atoms with van der Waals surface area (Å²) in [5.41, 5.74) is 6.22. The number of aromatic nitrogens is 1. The minimum Gasteiger partial charge on any atom is -0.381 e. The molecule has 2 aromatic heterocycles. The summed E-state index contributed by atoms with van der Waals surface area (Å²) in [6.45, 7) is 3.82. The highest BCUT2D eigenvalue weighted by Gasteiger charge is 2.30. The fourth-order valence-electron chi connectivity index (χ4n) is 6.63. The molecule has 0 bridgehead atoms. The number of pyridine rings is 1. The van der Waals surface area contributed by atoms with Gasteiger partial charge in [0.25, 0.3) is 0 Å². The second-order valence-corrected chi connectivity index (χ2v) is 13.2. The highest BCUT2D eigenvalue weighted by Crippen LogP contribution is 2.37. The van der Waals surface area contributed by atoms with Gasteiger partial charge in [-0.15, -0.1) is 11.3 Å². The zero-order chi connectivity index (χ0) is 29.1. The molecule has 0 spiro atoms. The number of alkyl halides is 3. The molecule has 0 radical (unpaired) electrons. The minimum atomic E-state index is -4.25. The lowest BCUT2D eigenvalue weighted by molar-refractivity contribution is -0.126. The van der Waals surface area contributed by atoms with E-state index in [9.17, 15) is 18.4 Å². The Morgan fingerprint density at radius 3 is 2.69 bits per heavy atom. The summed E-state index contributed by atoms with van der Waals surface area (Å²) in [5, 5.41) is 13.7. The first-order valence-electron chi connectivity index (χ1n) is 15.1. The Morgan fingerprint density at radius 2 is 1.93 bits per heavy atom. The predicted molar refractivity (Wildman–Crippen MR) is 161 cm³/mol. The van der Waals surface area contributed by atoms with Gasteiger partial charge >= 0.3 is 6.18 Å². The molecule has 1 N–H and O–H groups in total. The van der Waals surface area contributed by atoms with Crippen molar-refractivity contribution in [2.75, 3.05) is 25.0 Å². The van der Waals surface area contributed by atoms with Crippen LogP contribution in [0.4, 0.5) is 18.9 Å². The molecule has 42 heavy (non-hydrogen) atoms. The maximum absolute atomic E-state index is 13.2. The maximum atomic E-state index is 13.2. The standard InChI is InChI=1S/C33H37F3N4OS/c34-33(35,36)17-29-16-30-31(27(19-38-32(30)42-29)21-41-12-9-22-3-1-2-4-22)39-28-7-10-40(11-8-28)20-23-5-6-25-14-24(18-37)15-26(25)13-23/h5-6,13,15-16,19,22,28H,1-4,7-12,14,17,20-21H2,(H,38,39). The van der Waals surface area contributed by atoms with Crippen LogP contribution in [0, 0.1) is 17.2 Å². The monoisotopic (exact) mass is 594 g/mol. The van der Waals surface area contributed by atoms with Crippen molar-refractivity contribution in [3.05, 3.63) is 63.2 Å². The molecular weight excluding hydrogens is 557 g/mol. The number of hydrogen-bond donors (Lipinski definition) is 1. The number of halogens is 3. The van der Waals surface area contributed by atoms with Gasteiger partial charge < -0.3 is 10.1 Å². The third kappa shape index (κ3) is 7.16. The van der Waals surface area contributed by atoms with Crippen molar-refractivity contribution < 1.29 is 17.9 Å². The topological polar surface area (TPSA) is 61.2 Å². The quantitative estimate of drug-likeness (QED) is 0.241. The summed E-state index contributed by atoms with van der Waals surface area (Å²) in [6.07, 6.45) is 7.43. The number of piperidine rings is 1. The third-order valence-corrected chi connectivity index (χ3v) is 9.92. The first kappa shape index (κ1) is 29.2. The number of hydrogen-bond acceptors (Lipinski definition) is 6. The summed E-state index contributed by atoms with van der Waals surface area (Å²) in [5.74, 6) is 0.749. The number of nitriles is 1. The van der Waals surface area contributed by atoms with E-state index in [0.29, 0.717) is 18.0 Å². The van der Waals surface area contributed by atoms with Crippen molar-refractivity contribution in [2.45, 2.75) is 83.2 Å². The van der Waals surface area contributed by atoms with Crippen LogP contribution in [0.15, 0.2) is 36.0 Å². The Labute approximate surface area is 249 Å². The van der Waals surface area contributed by atoms with Gasteiger partial charge in [-0.2, -0.15) is 18.4 Å². The van der Waals surface area contributed by atoms with Gasteiger partial charge in [-0.05, 0) is 54.0 Å². The van der Waals surface area contributed by atoms with E-state index in [1.165, 1.54) is 36.8 Å².